The molecule has 0 spiro atoms. The molecule has 4 nitrogen and oxygen atoms in total. The number of hydrogen-bond acceptors (Lipinski definition) is 4. The highest BCUT2D eigenvalue weighted by Gasteiger charge is 2.33. The first-order valence-electron chi connectivity index (χ1n) is 4.28. The first-order valence-corrected chi connectivity index (χ1v) is 6.23. The summed E-state index contributed by atoms with van der Waals surface area (Å²) < 4.78 is 59.5. The van der Waals surface area contributed by atoms with E-state index in [4.69, 9.17) is 5.26 Å². The van der Waals surface area contributed by atoms with Crippen LogP contribution in [0, 0.1) is 11.3 Å². The van der Waals surface area contributed by atoms with Gasteiger partial charge in [0.1, 0.15) is 0 Å². The van der Waals surface area contributed by atoms with Crippen molar-refractivity contribution < 1.29 is 21.6 Å². The van der Waals surface area contributed by atoms with Crippen LogP contribution >= 0.6 is 0 Å². The summed E-state index contributed by atoms with van der Waals surface area (Å²) in [6, 6.07) is 2.69. The Bertz CT molecular complexity index is 560. The lowest BCUT2D eigenvalue weighted by Gasteiger charge is -2.10. The van der Waals surface area contributed by atoms with Crippen molar-refractivity contribution in [1.29, 1.82) is 5.26 Å². The van der Waals surface area contributed by atoms with E-state index in [2.05, 4.69) is 4.98 Å². The number of sulfone groups is 1. The Morgan fingerprint density at radius 1 is 1.47 bits per heavy atom. The topological polar surface area (TPSA) is 70.8 Å². The van der Waals surface area contributed by atoms with Gasteiger partial charge in [-0.2, -0.15) is 18.4 Å². The zero-order valence-electron chi connectivity index (χ0n) is 8.56. The molecule has 0 saturated heterocycles. The molecular formula is C9H7F3N2O2S. The van der Waals surface area contributed by atoms with Crippen molar-refractivity contribution in [3.05, 3.63) is 29.6 Å². The summed E-state index contributed by atoms with van der Waals surface area (Å²) >= 11 is 0. The molecule has 0 amide bonds. The molecule has 0 radical (unpaired) electrons. The number of nitriles is 1. The fraction of sp³-hybridized carbons (Fsp3) is 0.333. The molecule has 0 fully saturated rings. The lowest BCUT2D eigenvalue weighted by molar-refractivity contribution is -0.137. The first kappa shape index (κ1) is 13.4. The maximum Gasteiger partial charge on any atom is 0.416 e. The molecule has 0 aliphatic rings. The van der Waals surface area contributed by atoms with Crippen LogP contribution in [-0.4, -0.2) is 19.7 Å². The van der Waals surface area contributed by atoms with Gasteiger partial charge in [0.25, 0.3) is 0 Å². The molecule has 0 aliphatic carbocycles. The largest absolute Gasteiger partial charge is 0.416 e. The third kappa shape index (κ3) is 3.17. The standard InChI is InChI=1S/C9H7F3N2O2S/c1-17(15,16)8(5-13)7-4-6(2-3-14-7)9(10,11)12/h2-4,8H,1H3. The third-order valence-corrected chi connectivity index (χ3v) is 3.13. The second-order valence-electron chi connectivity index (χ2n) is 3.31. The van der Waals surface area contributed by atoms with Crippen molar-refractivity contribution in [3.8, 4) is 6.07 Å². The molecule has 1 atom stereocenters. The second-order valence-corrected chi connectivity index (χ2v) is 5.44. The number of halogens is 3. The summed E-state index contributed by atoms with van der Waals surface area (Å²) in [6.45, 7) is 0. The van der Waals surface area contributed by atoms with Gasteiger partial charge < -0.3 is 0 Å². The minimum Gasteiger partial charge on any atom is -0.259 e. The maximum absolute atomic E-state index is 12.4. The van der Waals surface area contributed by atoms with E-state index in [-0.39, 0.29) is 0 Å². The van der Waals surface area contributed by atoms with Gasteiger partial charge in [-0.25, -0.2) is 8.42 Å². The van der Waals surface area contributed by atoms with Crippen molar-refractivity contribution in [3.63, 3.8) is 0 Å². The Balaban J connectivity index is 3.30. The van der Waals surface area contributed by atoms with E-state index in [1.807, 2.05) is 0 Å². The van der Waals surface area contributed by atoms with Gasteiger partial charge in [0.15, 0.2) is 15.1 Å². The van der Waals surface area contributed by atoms with Crippen LogP contribution in [0.1, 0.15) is 16.5 Å². The van der Waals surface area contributed by atoms with Crippen LogP contribution in [0.5, 0.6) is 0 Å². The van der Waals surface area contributed by atoms with Crippen LogP contribution in [-0.2, 0) is 16.0 Å². The van der Waals surface area contributed by atoms with Gasteiger partial charge in [0.05, 0.1) is 17.3 Å². The van der Waals surface area contributed by atoms with E-state index in [0.717, 1.165) is 12.5 Å². The van der Waals surface area contributed by atoms with Crippen molar-refractivity contribution in [2.75, 3.05) is 6.26 Å². The fourth-order valence-electron chi connectivity index (χ4n) is 1.15. The Morgan fingerprint density at radius 2 is 2.06 bits per heavy atom. The van der Waals surface area contributed by atoms with Crippen LogP contribution in [0.2, 0.25) is 0 Å². The van der Waals surface area contributed by atoms with Crippen LogP contribution in [0.4, 0.5) is 13.2 Å². The van der Waals surface area contributed by atoms with Gasteiger partial charge >= 0.3 is 6.18 Å². The average molecular weight is 264 g/mol. The zero-order chi connectivity index (χ0) is 13.3. The third-order valence-electron chi connectivity index (χ3n) is 1.92. The smallest absolute Gasteiger partial charge is 0.259 e. The molecular weight excluding hydrogens is 257 g/mol. The molecule has 1 rings (SSSR count). The van der Waals surface area contributed by atoms with Gasteiger partial charge in [-0.1, -0.05) is 0 Å². The van der Waals surface area contributed by atoms with Gasteiger partial charge in [0, 0.05) is 12.5 Å². The molecule has 0 bridgehead atoms. The van der Waals surface area contributed by atoms with Gasteiger partial charge in [-0.15, -0.1) is 0 Å². The Kier molecular flexibility index (Phi) is 3.43. The van der Waals surface area contributed by atoms with Crippen molar-refractivity contribution in [2.24, 2.45) is 0 Å². The number of aromatic nitrogens is 1. The summed E-state index contributed by atoms with van der Waals surface area (Å²) in [6.07, 6.45) is -3.01. The quantitative estimate of drug-likeness (QED) is 0.815. The Hall–Kier alpha value is -1.62. The molecule has 1 aromatic heterocycles. The predicted octanol–water partition coefficient (Wildman–Crippen LogP) is 1.71. The number of alkyl halides is 3. The van der Waals surface area contributed by atoms with Gasteiger partial charge in [0.2, 0.25) is 0 Å². The van der Waals surface area contributed by atoms with Crippen molar-refractivity contribution >= 4 is 9.84 Å². The molecule has 0 saturated carbocycles. The SMILES string of the molecule is CS(=O)(=O)C(C#N)c1cc(C(F)(F)F)ccn1. The number of rotatable bonds is 2. The molecule has 1 heterocycles. The lowest BCUT2D eigenvalue weighted by Crippen LogP contribution is -2.13. The maximum atomic E-state index is 12.4. The first-order chi connectivity index (χ1) is 7.66. The highest BCUT2D eigenvalue weighted by atomic mass is 32.2. The zero-order valence-corrected chi connectivity index (χ0v) is 9.38. The van der Waals surface area contributed by atoms with Crippen LogP contribution < -0.4 is 0 Å². The van der Waals surface area contributed by atoms with Crippen molar-refractivity contribution in [1.82, 2.24) is 4.98 Å². The summed E-state index contributed by atoms with van der Waals surface area (Å²) in [4.78, 5) is 3.49. The summed E-state index contributed by atoms with van der Waals surface area (Å²) in [7, 11) is -3.82. The minimum absolute atomic E-state index is 0.426. The summed E-state index contributed by atoms with van der Waals surface area (Å²) in [5.74, 6) is 0. The summed E-state index contributed by atoms with van der Waals surface area (Å²) in [5.41, 5.74) is -1.46. The molecule has 92 valence electrons. The van der Waals surface area contributed by atoms with Crippen LogP contribution in [0.3, 0.4) is 0 Å². The highest BCUT2D eigenvalue weighted by molar-refractivity contribution is 7.91. The lowest BCUT2D eigenvalue weighted by atomic mass is 10.2. The van der Waals surface area contributed by atoms with E-state index in [9.17, 15) is 21.6 Å². The minimum atomic E-state index is -4.60. The van der Waals surface area contributed by atoms with Gasteiger partial charge in [-0.05, 0) is 12.1 Å². The van der Waals surface area contributed by atoms with E-state index >= 15 is 0 Å². The number of nitrogens with zero attached hydrogens (tertiary/aromatic N) is 2. The van der Waals surface area contributed by atoms with Crippen LogP contribution in [0.15, 0.2) is 18.3 Å². The molecule has 8 heteroatoms. The Morgan fingerprint density at radius 3 is 2.47 bits per heavy atom. The summed E-state index contributed by atoms with van der Waals surface area (Å²) in [5, 5.41) is 6.97. The molecule has 0 aliphatic heterocycles. The van der Waals surface area contributed by atoms with E-state index < -0.39 is 32.5 Å². The fourth-order valence-corrected chi connectivity index (χ4v) is 1.91. The number of pyridine rings is 1. The molecule has 17 heavy (non-hydrogen) atoms. The molecule has 1 aromatic rings. The predicted molar refractivity (Wildman–Crippen MR) is 52.4 cm³/mol. The Labute approximate surface area is 95.6 Å². The van der Waals surface area contributed by atoms with Gasteiger partial charge in [-0.3, -0.25) is 4.98 Å². The second kappa shape index (κ2) is 4.33. The van der Waals surface area contributed by atoms with E-state index in [0.29, 0.717) is 12.1 Å². The number of hydrogen-bond donors (Lipinski definition) is 0. The normalized spacial score (nSPS) is 14.1. The van der Waals surface area contributed by atoms with E-state index in [1.54, 1.807) is 0 Å². The monoisotopic (exact) mass is 264 g/mol. The van der Waals surface area contributed by atoms with Crippen LogP contribution in [0.25, 0.3) is 0 Å². The highest BCUT2D eigenvalue weighted by Crippen LogP contribution is 2.31. The van der Waals surface area contributed by atoms with Crippen molar-refractivity contribution in [2.45, 2.75) is 11.4 Å². The molecule has 0 N–H and O–H groups in total. The average Bonchev–Trinajstić information content (AvgIpc) is 2.15. The van der Waals surface area contributed by atoms with E-state index in [1.165, 1.54) is 6.07 Å². The molecule has 0 aromatic carbocycles. The molecule has 1 unspecified atom stereocenters.